The van der Waals surface area contributed by atoms with Gasteiger partial charge in [-0.2, -0.15) is 4.98 Å². The van der Waals surface area contributed by atoms with Gasteiger partial charge in [0.15, 0.2) is 5.96 Å². The van der Waals surface area contributed by atoms with E-state index in [0.717, 1.165) is 67.3 Å². The maximum Gasteiger partial charge on any atom is 0.354 e. The highest BCUT2D eigenvalue weighted by molar-refractivity contribution is 5.76. The molecule has 10 nitrogen and oxygen atoms in total. The second kappa shape index (κ2) is 14.8. The lowest BCUT2D eigenvalue weighted by molar-refractivity contribution is 0.199. The summed E-state index contributed by atoms with van der Waals surface area (Å²) in [4.78, 5) is 23.9. The van der Waals surface area contributed by atoms with Gasteiger partial charge in [-0.05, 0) is 59.8 Å². The molecule has 1 fully saturated rings. The Hall–Kier alpha value is -4.15. The number of nitrogens with one attached hydrogen (secondary N) is 3. The molecule has 45 heavy (non-hydrogen) atoms. The molecule has 10 heteroatoms. The van der Waals surface area contributed by atoms with Gasteiger partial charge in [0.1, 0.15) is 11.4 Å². The maximum atomic E-state index is 12.5. The first-order valence-electron chi connectivity index (χ1n) is 15.7. The first-order chi connectivity index (χ1) is 21.3. The number of H-pyrrole nitrogens is 1. The molecule has 5 rings (SSSR count). The molecule has 1 aliphatic rings. The lowest BCUT2D eigenvalue weighted by Gasteiger charge is -2.27. The summed E-state index contributed by atoms with van der Waals surface area (Å²) < 4.78 is 7.38. The number of guanidine groups is 1. The molecule has 0 saturated carbocycles. The largest absolute Gasteiger partial charge is 0.493 e. The van der Waals surface area contributed by atoms with Gasteiger partial charge in [0, 0.05) is 54.8 Å². The molecule has 0 spiro atoms. The van der Waals surface area contributed by atoms with Crippen molar-refractivity contribution in [1.82, 2.24) is 25.2 Å². The Morgan fingerprint density at radius 1 is 1.04 bits per heavy atom. The highest BCUT2D eigenvalue weighted by Crippen LogP contribution is 2.26. The summed E-state index contributed by atoms with van der Waals surface area (Å²) >= 11 is 0. The number of ether oxygens (including phenoxy) is 1. The lowest BCUT2D eigenvalue weighted by Crippen LogP contribution is -2.45. The molecule has 3 heterocycles. The standard InChI is InChI=1S/C21H29N7O.C14H21NO/c1-21(2,3)17-11-15-13-28(20(29)27-18(15)26-17)16-7-5-14(6-8-16)12-24-9-4-10-25-19(22)23;1-14(2,3)12-5-4-6-13(7-12)16-10-11-8-15-9-11/h5-8,11,13,24H,4,9-10,12H2,1-3H3,(H4,22,23,25)(H,26,27,29);4-7,11,15H,8-10H2,1-3H3. The van der Waals surface area contributed by atoms with Crippen LogP contribution in [0.1, 0.15) is 64.8 Å². The summed E-state index contributed by atoms with van der Waals surface area (Å²) in [6.07, 6.45) is 2.71. The van der Waals surface area contributed by atoms with E-state index < -0.39 is 0 Å². The van der Waals surface area contributed by atoms with Crippen molar-refractivity contribution in [2.45, 2.75) is 65.3 Å². The number of benzene rings is 2. The van der Waals surface area contributed by atoms with Gasteiger partial charge in [-0.15, -0.1) is 0 Å². The first-order valence-corrected chi connectivity index (χ1v) is 15.7. The summed E-state index contributed by atoms with van der Waals surface area (Å²) in [5.74, 6) is 1.82. The number of nitrogens with zero attached hydrogens (tertiary/aromatic N) is 3. The van der Waals surface area contributed by atoms with E-state index >= 15 is 0 Å². The fourth-order valence-electron chi connectivity index (χ4n) is 4.74. The van der Waals surface area contributed by atoms with E-state index in [2.05, 4.69) is 91.4 Å². The van der Waals surface area contributed by atoms with Crippen LogP contribution in [0.3, 0.4) is 0 Å². The van der Waals surface area contributed by atoms with Crippen molar-refractivity contribution in [3.8, 4) is 11.4 Å². The molecule has 0 radical (unpaired) electrons. The molecular weight excluding hydrogens is 564 g/mol. The molecule has 0 amide bonds. The Balaban J connectivity index is 0.000000242. The molecule has 242 valence electrons. The van der Waals surface area contributed by atoms with Crippen LogP contribution in [0.25, 0.3) is 16.7 Å². The summed E-state index contributed by atoms with van der Waals surface area (Å²) in [6, 6.07) is 18.4. The van der Waals surface area contributed by atoms with Crippen molar-refractivity contribution < 1.29 is 4.74 Å². The smallest absolute Gasteiger partial charge is 0.354 e. The van der Waals surface area contributed by atoms with Crippen LogP contribution in [0.2, 0.25) is 0 Å². The number of aromatic amines is 1. The zero-order chi connectivity index (χ0) is 32.6. The van der Waals surface area contributed by atoms with Gasteiger partial charge in [0.25, 0.3) is 0 Å². The summed E-state index contributed by atoms with van der Waals surface area (Å²) in [5, 5.41) is 7.52. The van der Waals surface area contributed by atoms with Crippen molar-refractivity contribution in [2.75, 3.05) is 32.8 Å². The quantitative estimate of drug-likeness (QED) is 0.101. The Bertz CT molecular complexity index is 1620. The molecule has 0 unspecified atom stereocenters. The van der Waals surface area contributed by atoms with Crippen molar-refractivity contribution in [1.29, 1.82) is 0 Å². The number of hydrogen-bond donors (Lipinski definition) is 5. The van der Waals surface area contributed by atoms with Crippen molar-refractivity contribution in [2.24, 2.45) is 22.4 Å². The molecule has 0 atom stereocenters. The SMILES string of the molecule is CC(C)(C)c1cc2cn(-c3ccc(CNCCCN=C(N)N)cc3)c(=O)nc2[nH]1.CC(C)(C)c1cccc(OCC2CNC2)c1. The third-order valence-corrected chi connectivity index (χ3v) is 7.72. The molecule has 4 aromatic rings. The normalized spacial score (nSPS) is 13.6. The van der Waals surface area contributed by atoms with E-state index in [4.69, 9.17) is 16.2 Å². The number of aliphatic imine (C=N–C) groups is 1. The van der Waals surface area contributed by atoms with E-state index in [1.54, 1.807) is 4.57 Å². The van der Waals surface area contributed by atoms with Crippen LogP contribution in [-0.2, 0) is 17.4 Å². The van der Waals surface area contributed by atoms with E-state index in [0.29, 0.717) is 18.1 Å². The lowest BCUT2D eigenvalue weighted by atomic mass is 9.87. The molecule has 1 aliphatic heterocycles. The number of aromatic nitrogens is 3. The summed E-state index contributed by atoms with van der Waals surface area (Å²) in [5.41, 5.74) is 15.4. The van der Waals surface area contributed by atoms with E-state index in [1.807, 2.05) is 36.5 Å². The average Bonchev–Trinajstić information content (AvgIpc) is 3.38. The fraction of sp³-hybridized carbons (Fsp3) is 0.457. The van der Waals surface area contributed by atoms with Crippen molar-refractivity contribution in [3.63, 3.8) is 0 Å². The number of nitrogens with two attached hydrogens (primary N) is 2. The van der Waals surface area contributed by atoms with Crippen LogP contribution >= 0.6 is 0 Å². The van der Waals surface area contributed by atoms with Gasteiger partial charge in [-0.25, -0.2) is 4.79 Å². The zero-order valence-corrected chi connectivity index (χ0v) is 27.6. The van der Waals surface area contributed by atoms with E-state index in [1.165, 1.54) is 5.56 Å². The predicted molar refractivity (Wildman–Crippen MR) is 184 cm³/mol. The summed E-state index contributed by atoms with van der Waals surface area (Å²) in [7, 11) is 0. The van der Waals surface area contributed by atoms with Gasteiger partial charge < -0.3 is 31.8 Å². The Kier molecular flexibility index (Phi) is 11.1. The van der Waals surface area contributed by atoms with Crippen LogP contribution < -0.4 is 32.5 Å². The van der Waals surface area contributed by atoms with Gasteiger partial charge in [-0.3, -0.25) is 9.56 Å². The fourth-order valence-corrected chi connectivity index (χ4v) is 4.74. The zero-order valence-electron chi connectivity index (χ0n) is 27.6. The maximum absolute atomic E-state index is 12.5. The molecule has 0 aliphatic carbocycles. The van der Waals surface area contributed by atoms with E-state index in [9.17, 15) is 4.79 Å². The number of fused-ring (bicyclic) bond motifs is 1. The molecule has 1 saturated heterocycles. The second-order valence-corrected chi connectivity index (χ2v) is 13.7. The molecule has 0 bridgehead atoms. The van der Waals surface area contributed by atoms with Gasteiger partial charge >= 0.3 is 5.69 Å². The highest BCUT2D eigenvalue weighted by Gasteiger charge is 2.19. The number of hydrogen-bond acceptors (Lipinski definition) is 6. The predicted octanol–water partition coefficient (Wildman–Crippen LogP) is 4.35. The van der Waals surface area contributed by atoms with Crippen LogP contribution in [-0.4, -0.2) is 53.3 Å². The van der Waals surface area contributed by atoms with Gasteiger partial charge in [0.05, 0.1) is 12.3 Å². The third-order valence-electron chi connectivity index (χ3n) is 7.72. The summed E-state index contributed by atoms with van der Waals surface area (Å²) in [6.45, 7) is 18.2. The van der Waals surface area contributed by atoms with Crippen LogP contribution in [0.4, 0.5) is 0 Å². The topological polar surface area (TPSA) is 148 Å². The molecule has 7 N–H and O–H groups in total. The van der Waals surface area contributed by atoms with E-state index in [-0.39, 0.29) is 22.5 Å². The average molecular weight is 615 g/mol. The Morgan fingerprint density at radius 2 is 1.78 bits per heavy atom. The highest BCUT2D eigenvalue weighted by atomic mass is 16.5. The first kappa shape index (κ1) is 33.7. The minimum atomic E-state index is -0.301. The van der Waals surface area contributed by atoms with Crippen LogP contribution in [0, 0.1) is 5.92 Å². The molecule has 2 aromatic heterocycles. The van der Waals surface area contributed by atoms with Crippen LogP contribution in [0.15, 0.2) is 70.6 Å². The monoisotopic (exact) mass is 614 g/mol. The van der Waals surface area contributed by atoms with Gasteiger partial charge in [-0.1, -0.05) is 65.8 Å². The second-order valence-electron chi connectivity index (χ2n) is 13.7. The third kappa shape index (κ3) is 9.92. The minimum Gasteiger partial charge on any atom is -0.493 e. The molecule has 2 aromatic carbocycles. The Morgan fingerprint density at radius 3 is 2.40 bits per heavy atom. The minimum absolute atomic E-state index is 0.0352. The Labute approximate surface area is 266 Å². The van der Waals surface area contributed by atoms with Crippen LogP contribution in [0.5, 0.6) is 5.75 Å². The van der Waals surface area contributed by atoms with Gasteiger partial charge in [0.2, 0.25) is 0 Å². The number of rotatable bonds is 10. The molecular formula is C35H50N8O2. The van der Waals surface area contributed by atoms with Crippen molar-refractivity contribution >= 4 is 17.0 Å². The van der Waals surface area contributed by atoms with Crippen molar-refractivity contribution in [3.05, 3.63) is 88.1 Å².